The van der Waals surface area contributed by atoms with Gasteiger partial charge in [-0.2, -0.15) is 0 Å². The monoisotopic (exact) mass is 363 g/mol. The van der Waals surface area contributed by atoms with Gasteiger partial charge in [-0.25, -0.2) is 0 Å². The lowest BCUT2D eigenvalue weighted by Gasteiger charge is -2.41. The molecular formula is C15H23BrClNS. The van der Waals surface area contributed by atoms with Crippen molar-refractivity contribution in [1.82, 2.24) is 5.32 Å². The predicted octanol–water partition coefficient (Wildman–Crippen LogP) is 6.18. The molecule has 4 heteroatoms. The van der Waals surface area contributed by atoms with Crippen LogP contribution in [0.3, 0.4) is 0 Å². The molecule has 1 aliphatic carbocycles. The van der Waals surface area contributed by atoms with Crippen LogP contribution in [-0.2, 0) is 0 Å². The van der Waals surface area contributed by atoms with E-state index < -0.39 is 0 Å². The predicted molar refractivity (Wildman–Crippen MR) is 89.3 cm³/mol. The summed E-state index contributed by atoms with van der Waals surface area (Å²) in [6.45, 7) is 5.75. The SMILES string of the molecule is CCCNC(c1cc(Br)c(Cl)s1)C1(C)CCCCC1. The maximum absolute atomic E-state index is 6.24. The summed E-state index contributed by atoms with van der Waals surface area (Å²) in [7, 11) is 0. The summed E-state index contributed by atoms with van der Waals surface area (Å²) in [6, 6.07) is 2.65. The van der Waals surface area contributed by atoms with Gasteiger partial charge in [0.1, 0.15) is 4.34 Å². The number of halogens is 2. The topological polar surface area (TPSA) is 12.0 Å². The van der Waals surface area contributed by atoms with Gasteiger partial charge in [0, 0.05) is 15.4 Å². The molecule has 0 aliphatic heterocycles. The van der Waals surface area contributed by atoms with Crippen molar-refractivity contribution in [2.75, 3.05) is 6.54 Å². The third kappa shape index (κ3) is 3.75. The molecular weight excluding hydrogens is 342 g/mol. The van der Waals surface area contributed by atoms with Crippen LogP contribution >= 0.6 is 38.9 Å². The summed E-state index contributed by atoms with van der Waals surface area (Å²) in [5, 5.41) is 3.77. The Morgan fingerprint density at radius 1 is 1.42 bits per heavy atom. The van der Waals surface area contributed by atoms with Gasteiger partial charge in [-0.3, -0.25) is 0 Å². The van der Waals surface area contributed by atoms with Gasteiger partial charge in [0.15, 0.2) is 0 Å². The van der Waals surface area contributed by atoms with Gasteiger partial charge in [-0.1, -0.05) is 44.7 Å². The number of hydrogen-bond donors (Lipinski definition) is 1. The molecule has 0 saturated heterocycles. The Kier molecular flexibility index (Phi) is 5.77. The first-order valence-electron chi connectivity index (χ1n) is 7.25. The number of nitrogens with one attached hydrogen (secondary N) is 1. The van der Waals surface area contributed by atoms with Crippen LogP contribution in [-0.4, -0.2) is 6.54 Å². The van der Waals surface area contributed by atoms with Crippen molar-refractivity contribution in [3.63, 3.8) is 0 Å². The molecule has 1 fully saturated rings. The zero-order valence-electron chi connectivity index (χ0n) is 11.8. The van der Waals surface area contributed by atoms with Crippen LogP contribution in [0.25, 0.3) is 0 Å². The third-order valence-electron chi connectivity index (χ3n) is 4.24. The molecule has 1 aliphatic rings. The van der Waals surface area contributed by atoms with Crippen molar-refractivity contribution < 1.29 is 0 Å². The highest BCUT2D eigenvalue weighted by Gasteiger charge is 2.37. The van der Waals surface area contributed by atoms with E-state index >= 15 is 0 Å². The smallest absolute Gasteiger partial charge is 0.107 e. The minimum absolute atomic E-state index is 0.376. The van der Waals surface area contributed by atoms with Gasteiger partial charge < -0.3 is 5.32 Å². The molecule has 0 bridgehead atoms. The van der Waals surface area contributed by atoms with Crippen molar-refractivity contribution in [2.45, 2.75) is 58.4 Å². The van der Waals surface area contributed by atoms with Crippen molar-refractivity contribution in [2.24, 2.45) is 5.41 Å². The average Bonchev–Trinajstić information content (AvgIpc) is 2.70. The van der Waals surface area contributed by atoms with E-state index in [9.17, 15) is 0 Å². The minimum atomic E-state index is 0.376. The van der Waals surface area contributed by atoms with Gasteiger partial charge >= 0.3 is 0 Å². The highest BCUT2D eigenvalue weighted by molar-refractivity contribution is 9.10. The van der Waals surface area contributed by atoms with E-state index in [0.717, 1.165) is 15.4 Å². The molecule has 0 amide bonds. The molecule has 1 atom stereocenters. The molecule has 108 valence electrons. The van der Waals surface area contributed by atoms with E-state index in [2.05, 4.69) is 41.2 Å². The van der Waals surface area contributed by atoms with Crippen molar-refractivity contribution in [3.8, 4) is 0 Å². The minimum Gasteiger partial charge on any atom is -0.309 e. The normalized spacial score (nSPS) is 20.4. The summed E-state index contributed by atoms with van der Waals surface area (Å²) in [5.74, 6) is 0. The van der Waals surface area contributed by atoms with Crippen LogP contribution in [0.1, 0.15) is 63.3 Å². The highest BCUT2D eigenvalue weighted by Crippen LogP contribution is 2.48. The molecule has 1 aromatic heterocycles. The Morgan fingerprint density at radius 3 is 2.63 bits per heavy atom. The summed E-state index contributed by atoms with van der Waals surface area (Å²) >= 11 is 11.5. The van der Waals surface area contributed by atoms with Gasteiger partial charge in [0.05, 0.1) is 0 Å². The number of hydrogen-bond acceptors (Lipinski definition) is 2. The second-order valence-corrected chi connectivity index (χ2v) is 8.41. The summed E-state index contributed by atoms with van der Waals surface area (Å²) in [4.78, 5) is 1.38. The first kappa shape index (κ1) is 15.8. The molecule has 0 radical (unpaired) electrons. The van der Waals surface area contributed by atoms with Crippen LogP contribution in [0, 0.1) is 5.41 Å². The molecule has 1 saturated carbocycles. The molecule has 1 unspecified atom stereocenters. The fraction of sp³-hybridized carbons (Fsp3) is 0.733. The van der Waals surface area contributed by atoms with Crippen molar-refractivity contribution in [1.29, 1.82) is 0 Å². The number of rotatable bonds is 5. The lowest BCUT2D eigenvalue weighted by atomic mass is 9.70. The maximum atomic E-state index is 6.24. The van der Waals surface area contributed by atoms with E-state index in [4.69, 9.17) is 11.6 Å². The van der Waals surface area contributed by atoms with E-state index in [1.165, 1.54) is 43.4 Å². The lowest BCUT2D eigenvalue weighted by molar-refractivity contribution is 0.147. The van der Waals surface area contributed by atoms with Crippen LogP contribution < -0.4 is 5.32 Å². The molecule has 1 heterocycles. The third-order valence-corrected chi connectivity index (χ3v) is 6.78. The van der Waals surface area contributed by atoms with Gasteiger partial charge in [-0.05, 0) is 53.2 Å². The molecule has 0 aromatic carbocycles. The Morgan fingerprint density at radius 2 is 2.11 bits per heavy atom. The van der Waals surface area contributed by atoms with E-state index in [1.54, 1.807) is 11.3 Å². The standard InChI is InChI=1S/C15H23BrClNS/c1-3-9-18-13(12-10-11(16)14(17)19-12)15(2)7-5-4-6-8-15/h10,13,18H,3-9H2,1-2H3. The zero-order chi connectivity index (χ0) is 13.9. The first-order valence-corrected chi connectivity index (χ1v) is 9.23. The Labute approximate surface area is 134 Å². The van der Waals surface area contributed by atoms with E-state index in [0.29, 0.717) is 11.5 Å². The summed E-state index contributed by atoms with van der Waals surface area (Å²) in [6.07, 6.45) is 7.93. The van der Waals surface area contributed by atoms with Gasteiger partial charge in [0.25, 0.3) is 0 Å². The maximum Gasteiger partial charge on any atom is 0.107 e. The second-order valence-electron chi connectivity index (χ2n) is 5.87. The van der Waals surface area contributed by atoms with Crippen molar-refractivity contribution >= 4 is 38.9 Å². The first-order chi connectivity index (χ1) is 9.07. The van der Waals surface area contributed by atoms with E-state index in [-0.39, 0.29) is 0 Å². The lowest BCUT2D eigenvalue weighted by Crippen LogP contribution is -2.37. The Hall–Kier alpha value is 0.430. The second kappa shape index (κ2) is 6.93. The quantitative estimate of drug-likeness (QED) is 0.658. The Bertz CT molecular complexity index is 393. The zero-order valence-corrected chi connectivity index (χ0v) is 14.9. The van der Waals surface area contributed by atoms with Crippen LogP contribution in [0.2, 0.25) is 4.34 Å². The average molecular weight is 365 g/mol. The van der Waals surface area contributed by atoms with Gasteiger partial charge in [-0.15, -0.1) is 11.3 Å². The van der Waals surface area contributed by atoms with Gasteiger partial charge in [0.2, 0.25) is 0 Å². The van der Waals surface area contributed by atoms with Crippen LogP contribution in [0.4, 0.5) is 0 Å². The van der Waals surface area contributed by atoms with E-state index in [1.807, 2.05) is 0 Å². The largest absolute Gasteiger partial charge is 0.309 e. The number of thiophene rings is 1. The molecule has 1 aromatic rings. The summed E-state index contributed by atoms with van der Waals surface area (Å²) < 4.78 is 1.91. The highest BCUT2D eigenvalue weighted by atomic mass is 79.9. The molecule has 0 spiro atoms. The fourth-order valence-electron chi connectivity index (χ4n) is 3.13. The Balaban J connectivity index is 2.23. The molecule has 19 heavy (non-hydrogen) atoms. The van der Waals surface area contributed by atoms with Crippen LogP contribution in [0.5, 0.6) is 0 Å². The summed E-state index contributed by atoms with van der Waals surface area (Å²) in [5.41, 5.74) is 0.376. The molecule has 2 rings (SSSR count). The van der Waals surface area contributed by atoms with Crippen LogP contribution in [0.15, 0.2) is 10.5 Å². The fourth-order valence-corrected chi connectivity index (χ4v) is 5.12. The molecule has 1 nitrogen and oxygen atoms in total. The molecule has 1 N–H and O–H groups in total. The van der Waals surface area contributed by atoms with Crippen molar-refractivity contribution in [3.05, 3.63) is 19.8 Å².